The lowest BCUT2D eigenvalue weighted by Crippen LogP contribution is -1.99. The van der Waals surface area contributed by atoms with E-state index in [0.29, 0.717) is 0 Å². The molecule has 0 bridgehead atoms. The normalized spacial score (nSPS) is 10.6. The van der Waals surface area contributed by atoms with Crippen molar-refractivity contribution in [2.45, 2.75) is 29.6 Å². The van der Waals surface area contributed by atoms with E-state index in [1.807, 2.05) is 26.0 Å². The number of carboxylic acid groups (broad SMARTS) is 1. The van der Waals surface area contributed by atoms with Gasteiger partial charge in [0.15, 0.2) is 4.34 Å². The highest BCUT2D eigenvalue weighted by molar-refractivity contribution is 8.01. The number of hydrogen-bond donors (Lipinski definition) is 1. The van der Waals surface area contributed by atoms with Crippen LogP contribution in [0.15, 0.2) is 21.5 Å². The van der Waals surface area contributed by atoms with E-state index in [2.05, 4.69) is 15.2 Å². The lowest BCUT2D eigenvalue weighted by Gasteiger charge is -1.95. The number of carbonyl (C=O) groups is 1. The van der Waals surface area contributed by atoms with Crippen LogP contribution in [-0.4, -0.2) is 26.3 Å². The molecule has 2 aromatic heterocycles. The predicted octanol–water partition coefficient (Wildman–Crippen LogP) is 2.33. The van der Waals surface area contributed by atoms with E-state index in [1.54, 1.807) is 0 Å². The average molecular weight is 281 g/mol. The van der Waals surface area contributed by atoms with E-state index in [4.69, 9.17) is 5.11 Å². The topological polar surface area (TPSA) is 76.0 Å². The molecule has 0 amide bonds. The van der Waals surface area contributed by atoms with Gasteiger partial charge in [0, 0.05) is 4.88 Å². The monoisotopic (exact) mass is 281 g/mol. The van der Waals surface area contributed by atoms with E-state index < -0.39 is 5.97 Å². The van der Waals surface area contributed by atoms with Gasteiger partial charge in [0.25, 0.3) is 0 Å². The summed E-state index contributed by atoms with van der Waals surface area (Å²) in [6.07, 6.45) is 0.0175. The standard InChI is InChI=1S/C11H11N3O2S2/c1-6-3-4-9(14-13-6)18-11-12-7(2)8(17-11)5-10(15)16/h3-4H,5H2,1-2H3,(H,15,16). The Labute approximate surface area is 112 Å². The third-order valence-electron chi connectivity index (χ3n) is 2.15. The molecular weight excluding hydrogens is 270 g/mol. The van der Waals surface area contributed by atoms with Crippen LogP contribution in [0.4, 0.5) is 0 Å². The molecule has 0 spiro atoms. The van der Waals surface area contributed by atoms with Gasteiger partial charge in [-0.3, -0.25) is 4.79 Å². The number of aryl methyl sites for hydroxylation is 2. The van der Waals surface area contributed by atoms with Crippen LogP contribution in [0.1, 0.15) is 16.3 Å². The van der Waals surface area contributed by atoms with Gasteiger partial charge in [0.05, 0.1) is 17.8 Å². The summed E-state index contributed by atoms with van der Waals surface area (Å²) in [7, 11) is 0. The molecule has 1 N–H and O–H groups in total. The molecule has 0 radical (unpaired) electrons. The van der Waals surface area contributed by atoms with Gasteiger partial charge in [-0.2, -0.15) is 5.10 Å². The Morgan fingerprint density at radius 2 is 2.17 bits per heavy atom. The Kier molecular flexibility index (Phi) is 3.93. The Morgan fingerprint density at radius 1 is 1.39 bits per heavy atom. The first-order chi connectivity index (χ1) is 8.54. The van der Waals surface area contributed by atoms with Gasteiger partial charge in [-0.1, -0.05) is 0 Å². The van der Waals surface area contributed by atoms with Gasteiger partial charge in [-0.15, -0.1) is 16.4 Å². The lowest BCUT2D eigenvalue weighted by atomic mass is 10.3. The van der Waals surface area contributed by atoms with E-state index in [1.165, 1.54) is 23.1 Å². The van der Waals surface area contributed by atoms with Gasteiger partial charge in [0.1, 0.15) is 5.03 Å². The number of aliphatic carboxylic acids is 1. The first-order valence-corrected chi connectivity index (χ1v) is 6.84. The maximum atomic E-state index is 10.7. The molecule has 0 fully saturated rings. The van der Waals surface area contributed by atoms with Crippen molar-refractivity contribution in [3.05, 3.63) is 28.4 Å². The molecule has 0 atom stereocenters. The van der Waals surface area contributed by atoms with Gasteiger partial charge >= 0.3 is 5.97 Å². The fraction of sp³-hybridized carbons (Fsp3) is 0.273. The first-order valence-electron chi connectivity index (χ1n) is 5.21. The van der Waals surface area contributed by atoms with Gasteiger partial charge in [-0.05, 0) is 37.7 Å². The second-order valence-corrected chi connectivity index (χ2v) is 6.03. The summed E-state index contributed by atoms with van der Waals surface area (Å²) in [5, 5.41) is 17.5. The summed E-state index contributed by atoms with van der Waals surface area (Å²) in [5.41, 5.74) is 1.63. The number of aromatic nitrogens is 3. The summed E-state index contributed by atoms with van der Waals surface area (Å²) in [5.74, 6) is -0.839. The van der Waals surface area contributed by atoms with Crippen LogP contribution in [0.2, 0.25) is 0 Å². The third kappa shape index (κ3) is 3.27. The number of thiazole rings is 1. The molecule has 2 heterocycles. The molecule has 94 valence electrons. The highest BCUT2D eigenvalue weighted by Crippen LogP contribution is 2.31. The predicted molar refractivity (Wildman–Crippen MR) is 69.1 cm³/mol. The van der Waals surface area contributed by atoms with E-state index in [9.17, 15) is 4.79 Å². The molecule has 0 saturated carbocycles. The minimum Gasteiger partial charge on any atom is -0.481 e. The highest BCUT2D eigenvalue weighted by atomic mass is 32.2. The van der Waals surface area contributed by atoms with E-state index in [-0.39, 0.29) is 6.42 Å². The Bertz CT molecular complexity index is 566. The van der Waals surface area contributed by atoms with Crippen molar-refractivity contribution in [1.82, 2.24) is 15.2 Å². The minimum absolute atomic E-state index is 0.0175. The van der Waals surface area contributed by atoms with Gasteiger partial charge in [-0.25, -0.2) is 4.98 Å². The molecule has 5 nitrogen and oxygen atoms in total. The van der Waals surface area contributed by atoms with Crippen LogP contribution < -0.4 is 0 Å². The summed E-state index contributed by atoms with van der Waals surface area (Å²) < 4.78 is 0.793. The van der Waals surface area contributed by atoms with Crippen molar-refractivity contribution < 1.29 is 9.90 Å². The van der Waals surface area contributed by atoms with Crippen molar-refractivity contribution in [2.75, 3.05) is 0 Å². The zero-order valence-electron chi connectivity index (χ0n) is 9.88. The summed E-state index contributed by atoms with van der Waals surface area (Å²) in [4.78, 5) is 15.8. The maximum Gasteiger partial charge on any atom is 0.308 e. The molecule has 0 unspecified atom stereocenters. The molecular formula is C11H11N3O2S2. The molecule has 0 aliphatic rings. The molecule has 0 aliphatic carbocycles. The zero-order chi connectivity index (χ0) is 13.1. The number of rotatable bonds is 4. The van der Waals surface area contributed by atoms with Crippen molar-refractivity contribution in [3.8, 4) is 0 Å². The number of nitrogens with zero attached hydrogens (tertiary/aromatic N) is 3. The van der Waals surface area contributed by atoms with Crippen LogP contribution in [0, 0.1) is 13.8 Å². The van der Waals surface area contributed by atoms with Gasteiger partial charge in [0.2, 0.25) is 0 Å². The largest absolute Gasteiger partial charge is 0.481 e. The number of hydrogen-bond acceptors (Lipinski definition) is 6. The summed E-state index contributed by atoms with van der Waals surface area (Å²) >= 11 is 2.79. The summed E-state index contributed by atoms with van der Waals surface area (Å²) in [6.45, 7) is 3.69. The fourth-order valence-electron chi connectivity index (χ4n) is 1.28. The Hall–Kier alpha value is -1.47. The van der Waals surface area contributed by atoms with E-state index in [0.717, 1.165) is 25.6 Å². The molecule has 0 saturated heterocycles. The van der Waals surface area contributed by atoms with Gasteiger partial charge < -0.3 is 5.11 Å². The van der Waals surface area contributed by atoms with E-state index >= 15 is 0 Å². The van der Waals surface area contributed by atoms with Crippen LogP contribution in [0.25, 0.3) is 0 Å². The summed E-state index contributed by atoms with van der Waals surface area (Å²) in [6, 6.07) is 3.76. The number of carboxylic acids is 1. The Balaban J connectivity index is 2.14. The second kappa shape index (κ2) is 5.45. The van der Waals surface area contributed by atoms with Crippen LogP contribution in [0.5, 0.6) is 0 Å². The smallest absolute Gasteiger partial charge is 0.308 e. The molecule has 0 aliphatic heterocycles. The molecule has 7 heteroatoms. The van der Waals surface area contributed by atoms with Crippen molar-refractivity contribution in [1.29, 1.82) is 0 Å². The average Bonchev–Trinajstić information content (AvgIpc) is 2.62. The molecule has 2 aromatic rings. The molecule has 0 aromatic carbocycles. The molecule has 18 heavy (non-hydrogen) atoms. The molecule has 2 rings (SSSR count). The quantitative estimate of drug-likeness (QED) is 0.927. The maximum absolute atomic E-state index is 10.7. The van der Waals surface area contributed by atoms with Crippen LogP contribution in [0.3, 0.4) is 0 Å². The Morgan fingerprint density at radius 3 is 2.78 bits per heavy atom. The lowest BCUT2D eigenvalue weighted by molar-refractivity contribution is -0.136. The van der Waals surface area contributed by atoms with Crippen LogP contribution in [-0.2, 0) is 11.2 Å². The fourth-order valence-corrected chi connectivity index (χ4v) is 3.36. The highest BCUT2D eigenvalue weighted by Gasteiger charge is 2.12. The minimum atomic E-state index is -0.839. The van der Waals surface area contributed by atoms with Crippen molar-refractivity contribution in [2.24, 2.45) is 0 Å². The first kappa shape index (κ1) is 13.0. The third-order valence-corrected chi connectivity index (χ3v) is 4.29. The zero-order valence-corrected chi connectivity index (χ0v) is 11.5. The second-order valence-electron chi connectivity index (χ2n) is 3.67. The van der Waals surface area contributed by atoms with Crippen molar-refractivity contribution in [3.63, 3.8) is 0 Å². The van der Waals surface area contributed by atoms with Crippen LogP contribution >= 0.6 is 23.1 Å². The van der Waals surface area contributed by atoms with Crippen molar-refractivity contribution >= 4 is 29.1 Å². The SMILES string of the molecule is Cc1ccc(Sc2nc(C)c(CC(=O)O)s2)nn1.